The van der Waals surface area contributed by atoms with Gasteiger partial charge in [0.1, 0.15) is 0 Å². The van der Waals surface area contributed by atoms with E-state index in [1.165, 1.54) is 57.8 Å². The molecule has 0 unspecified atom stereocenters. The molecule has 0 aromatic heterocycles. The Morgan fingerprint density at radius 1 is 1.00 bits per heavy atom. The van der Waals surface area contributed by atoms with Crippen molar-refractivity contribution in [3.63, 3.8) is 0 Å². The number of thioether (sulfide) groups is 1. The molecule has 17 heavy (non-hydrogen) atoms. The van der Waals surface area contributed by atoms with E-state index in [2.05, 4.69) is 5.32 Å². The molecule has 0 aromatic carbocycles. The van der Waals surface area contributed by atoms with Crippen LogP contribution in [0.2, 0.25) is 0 Å². The van der Waals surface area contributed by atoms with Crippen LogP contribution in [0, 0.1) is 5.92 Å². The first-order valence-corrected chi connectivity index (χ1v) is 8.28. The largest absolute Gasteiger partial charge is 0.355 e. The maximum absolute atomic E-state index is 11.7. The molecule has 2 aliphatic carbocycles. The summed E-state index contributed by atoms with van der Waals surface area (Å²) in [6.45, 7) is 0.921. The lowest BCUT2D eigenvalue weighted by molar-refractivity contribution is -0.118. The molecular weight excluding hydrogens is 230 g/mol. The molecule has 2 aliphatic rings. The Bertz CT molecular complexity index is 232. The molecule has 0 bridgehead atoms. The molecule has 2 fully saturated rings. The van der Waals surface area contributed by atoms with E-state index in [9.17, 15) is 4.79 Å². The summed E-state index contributed by atoms with van der Waals surface area (Å²) in [4.78, 5) is 11.7. The second kappa shape index (κ2) is 7.30. The van der Waals surface area contributed by atoms with E-state index in [0.29, 0.717) is 5.75 Å². The average Bonchev–Trinajstić information content (AvgIpc) is 2.88. The van der Waals surface area contributed by atoms with Crippen LogP contribution in [-0.2, 0) is 4.79 Å². The third-order valence-electron chi connectivity index (χ3n) is 4.06. The van der Waals surface area contributed by atoms with E-state index in [4.69, 9.17) is 0 Å². The van der Waals surface area contributed by atoms with Crippen LogP contribution in [0.25, 0.3) is 0 Å². The first kappa shape index (κ1) is 13.3. The summed E-state index contributed by atoms with van der Waals surface area (Å²) >= 11 is 1.87. The minimum atomic E-state index is 0.257. The van der Waals surface area contributed by atoms with Crippen LogP contribution in [0.15, 0.2) is 0 Å². The fraction of sp³-hybridized carbons (Fsp3) is 0.929. The summed E-state index contributed by atoms with van der Waals surface area (Å²) in [6, 6.07) is 0. The van der Waals surface area contributed by atoms with E-state index < -0.39 is 0 Å². The first-order valence-electron chi connectivity index (χ1n) is 7.23. The van der Waals surface area contributed by atoms with E-state index >= 15 is 0 Å². The summed E-state index contributed by atoms with van der Waals surface area (Å²) < 4.78 is 0. The van der Waals surface area contributed by atoms with Gasteiger partial charge in [0, 0.05) is 11.8 Å². The third-order valence-corrected chi connectivity index (χ3v) is 5.44. The number of hydrogen-bond acceptors (Lipinski definition) is 2. The van der Waals surface area contributed by atoms with Gasteiger partial charge in [-0.25, -0.2) is 0 Å². The zero-order valence-corrected chi connectivity index (χ0v) is 11.6. The van der Waals surface area contributed by atoms with Crippen molar-refractivity contribution in [2.75, 3.05) is 12.3 Å². The topological polar surface area (TPSA) is 29.1 Å². The number of carbonyl (C=O) groups excluding carboxylic acids is 1. The highest BCUT2D eigenvalue weighted by atomic mass is 32.2. The lowest BCUT2D eigenvalue weighted by Crippen LogP contribution is -2.31. The van der Waals surface area contributed by atoms with Gasteiger partial charge in [-0.05, 0) is 31.6 Å². The van der Waals surface area contributed by atoms with E-state index in [0.717, 1.165) is 17.7 Å². The number of carbonyl (C=O) groups is 1. The van der Waals surface area contributed by atoms with Crippen LogP contribution < -0.4 is 5.32 Å². The molecule has 1 amide bonds. The van der Waals surface area contributed by atoms with Crippen molar-refractivity contribution >= 4 is 17.7 Å². The van der Waals surface area contributed by atoms with Gasteiger partial charge in [-0.3, -0.25) is 4.79 Å². The highest BCUT2D eigenvalue weighted by molar-refractivity contribution is 8.00. The Balaban J connectivity index is 1.53. The van der Waals surface area contributed by atoms with Gasteiger partial charge >= 0.3 is 0 Å². The molecule has 2 nitrogen and oxygen atoms in total. The molecule has 2 saturated carbocycles. The van der Waals surface area contributed by atoms with Crippen LogP contribution in [-0.4, -0.2) is 23.5 Å². The van der Waals surface area contributed by atoms with Gasteiger partial charge in [0.15, 0.2) is 0 Å². The number of rotatable bonds is 5. The van der Waals surface area contributed by atoms with E-state index in [1.54, 1.807) is 0 Å². The highest BCUT2D eigenvalue weighted by Gasteiger charge is 2.17. The van der Waals surface area contributed by atoms with Gasteiger partial charge in [0.25, 0.3) is 0 Å². The molecule has 0 aromatic rings. The van der Waals surface area contributed by atoms with Crippen molar-refractivity contribution < 1.29 is 4.79 Å². The third kappa shape index (κ3) is 4.90. The Morgan fingerprint density at radius 3 is 2.35 bits per heavy atom. The Morgan fingerprint density at radius 2 is 1.65 bits per heavy atom. The van der Waals surface area contributed by atoms with Crippen molar-refractivity contribution in [2.45, 2.75) is 63.0 Å². The predicted molar refractivity (Wildman–Crippen MR) is 74.3 cm³/mol. The van der Waals surface area contributed by atoms with Crippen molar-refractivity contribution in [1.82, 2.24) is 5.32 Å². The van der Waals surface area contributed by atoms with Crippen LogP contribution in [0.1, 0.15) is 57.8 Å². The summed E-state index contributed by atoms with van der Waals surface area (Å²) in [6.07, 6.45) is 12.1. The standard InChI is InChI=1S/C14H25NOS/c16-14(11-17-13-8-4-5-9-13)15-10-12-6-2-1-3-7-12/h12-13H,1-11H2,(H,15,16). The summed E-state index contributed by atoms with van der Waals surface area (Å²) in [7, 11) is 0. The fourth-order valence-corrected chi connectivity index (χ4v) is 4.10. The van der Waals surface area contributed by atoms with Gasteiger partial charge in [0.05, 0.1) is 5.75 Å². The summed E-state index contributed by atoms with van der Waals surface area (Å²) in [5.74, 6) is 1.69. The van der Waals surface area contributed by atoms with Crippen molar-refractivity contribution in [1.29, 1.82) is 0 Å². The molecular formula is C14H25NOS. The molecule has 2 rings (SSSR count). The van der Waals surface area contributed by atoms with Crippen molar-refractivity contribution in [2.24, 2.45) is 5.92 Å². The van der Waals surface area contributed by atoms with E-state index in [-0.39, 0.29) is 5.91 Å². The normalized spacial score (nSPS) is 22.8. The maximum atomic E-state index is 11.7. The summed E-state index contributed by atoms with van der Waals surface area (Å²) in [5, 5.41) is 3.88. The highest BCUT2D eigenvalue weighted by Crippen LogP contribution is 2.29. The Hall–Kier alpha value is -0.180. The lowest BCUT2D eigenvalue weighted by Gasteiger charge is -2.21. The second-order valence-electron chi connectivity index (χ2n) is 5.53. The van der Waals surface area contributed by atoms with Crippen LogP contribution >= 0.6 is 11.8 Å². The zero-order valence-electron chi connectivity index (χ0n) is 10.7. The molecule has 3 heteroatoms. The molecule has 0 saturated heterocycles. The predicted octanol–water partition coefficient (Wildman–Crippen LogP) is 3.36. The van der Waals surface area contributed by atoms with Gasteiger partial charge < -0.3 is 5.32 Å². The van der Waals surface area contributed by atoms with Crippen LogP contribution in [0.4, 0.5) is 0 Å². The van der Waals surface area contributed by atoms with Crippen LogP contribution in [0.3, 0.4) is 0 Å². The smallest absolute Gasteiger partial charge is 0.230 e. The summed E-state index contributed by atoms with van der Waals surface area (Å²) in [5.41, 5.74) is 0. The quantitative estimate of drug-likeness (QED) is 0.816. The first-order chi connectivity index (χ1) is 8.34. The molecule has 0 aliphatic heterocycles. The SMILES string of the molecule is O=C(CSC1CCCC1)NCC1CCCCC1. The molecule has 98 valence electrons. The molecule has 0 spiro atoms. The second-order valence-corrected chi connectivity index (χ2v) is 6.81. The zero-order chi connectivity index (χ0) is 11.9. The molecule has 0 heterocycles. The monoisotopic (exact) mass is 255 g/mol. The minimum absolute atomic E-state index is 0.257. The van der Waals surface area contributed by atoms with Crippen molar-refractivity contribution in [3.8, 4) is 0 Å². The number of amides is 1. The molecule has 1 N–H and O–H groups in total. The Kier molecular flexibility index (Phi) is 5.69. The van der Waals surface area contributed by atoms with Gasteiger partial charge in [-0.1, -0.05) is 32.1 Å². The molecule has 0 radical (unpaired) electrons. The number of hydrogen-bond donors (Lipinski definition) is 1. The minimum Gasteiger partial charge on any atom is -0.355 e. The van der Waals surface area contributed by atoms with Gasteiger partial charge in [0.2, 0.25) is 5.91 Å². The average molecular weight is 255 g/mol. The maximum Gasteiger partial charge on any atom is 0.230 e. The van der Waals surface area contributed by atoms with Gasteiger partial charge in [-0.15, -0.1) is 11.8 Å². The number of nitrogens with one attached hydrogen (secondary N) is 1. The fourth-order valence-electron chi connectivity index (χ4n) is 2.95. The Labute approximate surface area is 109 Å². The molecule has 0 atom stereocenters. The van der Waals surface area contributed by atoms with Crippen molar-refractivity contribution in [3.05, 3.63) is 0 Å². The lowest BCUT2D eigenvalue weighted by atomic mass is 9.89. The van der Waals surface area contributed by atoms with E-state index in [1.807, 2.05) is 11.8 Å². The van der Waals surface area contributed by atoms with Crippen LogP contribution in [0.5, 0.6) is 0 Å². The van der Waals surface area contributed by atoms with Gasteiger partial charge in [-0.2, -0.15) is 0 Å².